The lowest BCUT2D eigenvalue weighted by Gasteiger charge is -2.28. The van der Waals surface area contributed by atoms with Gasteiger partial charge >= 0.3 is 6.18 Å². The lowest BCUT2D eigenvalue weighted by molar-refractivity contribution is -0.137. The number of hydrogen-bond donors (Lipinski definition) is 1. The number of hydrogen-bond acceptors (Lipinski definition) is 7. The molecule has 0 bridgehead atoms. The minimum Gasteiger partial charge on any atom is -0.369 e. The number of pyridine rings is 1. The van der Waals surface area contributed by atoms with Crippen LogP contribution in [0.15, 0.2) is 55.2 Å². The summed E-state index contributed by atoms with van der Waals surface area (Å²) in [4.78, 5) is 35.8. The van der Waals surface area contributed by atoms with Crippen molar-refractivity contribution in [1.82, 2.24) is 34.2 Å². The number of rotatable bonds is 5. The number of carbonyl (C=O) groups excluding carboxylic acids is 1. The Labute approximate surface area is 213 Å². The molecule has 0 aliphatic carbocycles. The van der Waals surface area contributed by atoms with Gasteiger partial charge < -0.3 is 10.6 Å². The Hall–Kier alpha value is -4.68. The summed E-state index contributed by atoms with van der Waals surface area (Å²) >= 11 is 0. The molecule has 4 heterocycles. The zero-order chi connectivity index (χ0) is 27.2. The van der Waals surface area contributed by atoms with E-state index in [0.717, 1.165) is 12.1 Å². The van der Waals surface area contributed by atoms with Crippen LogP contribution in [-0.2, 0) is 12.7 Å². The summed E-state index contributed by atoms with van der Waals surface area (Å²) in [7, 11) is 0. The first-order valence-electron chi connectivity index (χ1n) is 11.4. The summed E-state index contributed by atoms with van der Waals surface area (Å²) in [6, 6.07) is 5.36. The summed E-state index contributed by atoms with van der Waals surface area (Å²) in [5.41, 5.74) is 6.35. The van der Waals surface area contributed by atoms with Crippen LogP contribution in [-0.4, -0.2) is 40.1 Å². The maximum Gasteiger partial charge on any atom is 0.417 e. The second-order valence-corrected chi connectivity index (χ2v) is 8.62. The average Bonchev–Trinajstić information content (AvgIpc) is 3.29. The van der Waals surface area contributed by atoms with Crippen LogP contribution < -0.4 is 5.73 Å². The van der Waals surface area contributed by atoms with E-state index in [1.54, 1.807) is 19.9 Å². The van der Waals surface area contributed by atoms with Gasteiger partial charge in [-0.1, -0.05) is 0 Å². The first kappa shape index (κ1) is 25.0. The molecule has 1 amide bonds. The van der Waals surface area contributed by atoms with Crippen LogP contribution in [0.4, 0.5) is 23.5 Å². The van der Waals surface area contributed by atoms with Gasteiger partial charge in [-0.15, -0.1) is 0 Å². The number of nitrogens with zero attached hydrogens (tertiary/aromatic N) is 7. The molecule has 0 unspecified atom stereocenters. The third-order valence-corrected chi connectivity index (χ3v) is 6.18. The zero-order valence-corrected chi connectivity index (χ0v) is 20.1. The molecule has 5 rings (SSSR count). The van der Waals surface area contributed by atoms with Crippen molar-refractivity contribution in [2.45, 2.75) is 32.6 Å². The molecule has 38 heavy (non-hydrogen) atoms. The number of imidazole rings is 1. The van der Waals surface area contributed by atoms with Gasteiger partial charge in [0, 0.05) is 30.0 Å². The van der Waals surface area contributed by atoms with E-state index in [1.807, 2.05) is 0 Å². The Morgan fingerprint density at radius 3 is 2.53 bits per heavy atom. The summed E-state index contributed by atoms with van der Waals surface area (Å²) in [6.07, 6.45) is 0.588. The second kappa shape index (κ2) is 9.32. The molecule has 1 atom stereocenters. The third kappa shape index (κ3) is 4.46. The van der Waals surface area contributed by atoms with Crippen molar-refractivity contribution in [3.8, 4) is 0 Å². The van der Waals surface area contributed by atoms with E-state index in [1.165, 1.54) is 40.2 Å². The summed E-state index contributed by atoms with van der Waals surface area (Å²) in [5, 5.41) is 0.454. The topological polar surface area (TPSA) is 115 Å². The van der Waals surface area contributed by atoms with E-state index in [2.05, 4.69) is 24.9 Å². The predicted molar refractivity (Wildman–Crippen MR) is 129 cm³/mol. The minimum absolute atomic E-state index is 0.108. The predicted octanol–water partition coefficient (Wildman–Crippen LogP) is 4.52. The highest BCUT2D eigenvalue weighted by Crippen LogP contribution is 2.31. The van der Waals surface area contributed by atoms with Crippen LogP contribution in [0.1, 0.15) is 46.1 Å². The molecule has 13 heteroatoms. The molecule has 0 saturated carbocycles. The first-order chi connectivity index (χ1) is 18.0. The number of carbonyl (C=O) groups is 1. The average molecular weight is 524 g/mol. The number of aromatic nitrogens is 6. The van der Waals surface area contributed by atoms with E-state index in [9.17, 15) is 18.0 Å². The van der Waals surface area contributed by atoms with Crippen molar-refractivity contribution in [2.24, 2.45) is 0 Å². The van der Waals surface area contributed by atoms with Crippen molar-refractivity contribution >= 4 is 28.3 Å². The molecule has 0 aliphatic heterocycles. The van der Waals surface area contributed by atoms with Crippen molar-refractivity contribution < 1.29 is 22.4 Å². The van der Waals surface area contributed by atoms with E-state index in [4.69, 9.17) is 5.73 Å². The van der Waals surface area contributed by atoms with Gasteiger partial charge in [-0.05, 0) is 38.1 Å². The molecule has 5 aromatic rings. The standard InChI is InChI=1S/C25H20F4N8O/c1-13-21-18-8-17(19(26)9-20(18)35-24(30)37(21)12-34-13)23(38)36(14(2)22-31-6-3-7-32-22)11-16-5-4-15(10-33-16)25(27,28)29/h3-10,12,14H,11H2,1-2H3,(H2,30,35)/t14-/m1/s1. The Bertz CT molecular complexity index is 1650. The molecular formula is C25H20F4N8O. The molecule has 0 aliphatic rings. The highest BCUT2D eigenvalue weighted by molar-refractivity contribution is 6.03. The lowest BCUT2D eigenvalue weighted by Crippen LogP contribution is -2.35. The van der Waals surface area contributed by atoms with Crippen LogP contribution in [0.5, 0.6) is 0 Å². The van der Waals surface area contributed by atoms with E-state index >= 15 is 4.39 Å². The number of nitrogen functional groups attached to an aromatic ring is 1. The maximum absolute atomic E-state index is 15.4. The van der Waals surface area contributed by atoms with Crippen molar-refractivity contribution in [3.05, 3.63) is 89.4 Å². The van der Waals surface area contributed by atoms with Gasteiger partial charge in [0.15, 0.2) is 0 Å². The van der Waals surface area contributed by atoms with Gasteiger partial charge in [0.2, 0.25) is 5.95 Å². The fraction of sp³-hybridized carbons (Fsp3) is 0.200. The van der Waals surface area contributed by atoms with E-state index in [-0.39, 0.29) is 35.1 Å². The first-order valence-corrected chi connectivity index (χ1v) is 11.4. The smallest absolute Gasteiger partial charge is 0.369 e. The Kier molecular flexibility index (Phi) is 6.13. The third-order valence-electron chi connectivity index (χ3n) is 6.18. The number of amides is 1. The molecule has 0 fully saturated rings. The van der Waals surface area contributed by atoms with Gasteiger partial charge in [-0.2, -0.15) is 13.2 Å². The monoisotopic (exact) mass is 524 g/mol. The van der Waals surface area contributed by atoms with Gasteiger partial charge in [-0.25, -0.2) is 24.3 Å². The molecule has 0 spiro atoms. The van der Waals surface area contributed by atoms with E-state index in [0.29, 0.717) is 22.8 Å². The molecule has 2 N–H and O–H groups in total. The van der Waals surface area contributed by atoms with Crippen molar-refractivity contribution in [2.75, 3.05) is 5.73 Å². The van der Waals surface area contributed by atoms with Gasteiger partial charge in [0.25, 0.3) is 5.91 Å². The summed E-state index contributed by atoms with van der Waals surface area (Å²) in [5.74, 6) is -1.21. The molecule has 4 aromatic heterocycles. The fourth-order valence-electron chi connectivity index (χ4n) is 4.19. The summed E-state index contributed by atoms with van der Waals surface area (Å²) in [6.45, 7) is 3.16. The van der Waals surface area contributed by atoms with E-state index < -0.39 is 29.5 Å². The van der Waals surface area contributed by atoms with Crippen LogP contribution in [0, 0.1) is 12.7 Å². The maximum atomic E-state index is 15.4. The lowest BCUT2D eigenvalue weighted by atomic mass is 10.1. The number of fused-ring (bicyclic) bond motifs is 3. The number of alkyl halides is 3. The van der Waals surface area contributed by atoms with Crippen LogP contribution >= 0.6 is 0 Å². The Morgan fingerprint density at radius 2 is 1.87 bits per heavy atom. The molecule has 1 aromatic carbocycles. The fourth-order valence-corrected chi connectivity index (χ4v) is 4.19. The normalized spacial score (nSPS) is 12.7. The molecule has 9 nitrogen and oxygen atoms in total. The largest absolute Gasteiger partial charge is 0.417 e. The SMILES string of the molecule is Cc1ncn2c(N)nc3cc(F)c(C(=O)N(Cc4ccc(C(F)(F)F)cn4)[C@H](C)c4ncccn4)cc3c12. The van der Waals surface area contributed by atoms with Gasteiger partial charge in [0.1, 0.15) is 18.0 Å². The van der Waals surface area contributed by atoms with Crippen molar-refractivity contribution in [3.63, 3.8) is 0 Å². The van der Waals surface area contributed by atoms with Gasteiger partial charge in [-0.3, -0.25) is 14.2 Å². The van der Waals surface area contributed by atoms with Crippen LogP contribution in [0.25, 0.3) is 16.4 Å². The highest BCUT2D eigenvalue weighted by Gasteiger charge is 2.32. The molecule has 0 radical (unpaired) electrons. The number of anilines is 1. The number of halogens is 4. The zero-order valence-electron chi connectivity index (χ0n) is 20.1. The molecule has 194 valence electrons. The molecule has 0 saturated heterocycles. The van der Waals surface area contributed by atoms with Crippen LogP contribution in [0.2, 0.25) is 0 Å². The molecular weight excluding hydrogens is 504 g/mol. The second-order valence-electron chi connectivity index (χ2n) is 8.62. The number of nitrogens with two attached hydrogens (primary N) is 1. The minimum atomic E-state index is -4.56. The Morgan fingerprint density at radius 1 is 1.13 bits per heavy atom. The quantitative estimate of drug-likeness (QED) is 0.336. The number of benzene rings is 1. The van der Waals surface area contributed by atoms with Gasteiger partial charge in [0.05, 0.1) is 46.1 Å². The Balaban J connectivity index is 1.60. The summed E-state index contributed by atoms with van der Waals surface area (Å²) < 4.78 is 55.9. The van der Waals surface area contributed by atoms with Crippen LogP contribution in [0.3, 0.4) is 0 Å². The van der Waals surface area contributed by atoms with Crippen molar-refractivity contribution in [1.29, 1.82) is 0 Å². The highest BCUT2D eigenvalue weighted by atomic mass is 19.4. The number of aryl methyl sites for hydroxylation is 1.